The molecule has 2 unspecified atom stereocenters. The van der Waals surface area contributed by atoms with Gasteiger partial charge in [-0.15, -0.1) is 0 Å². The topological polar surface area (TPSA) is 39.1 Å². The molecule has 3 nitrogen and oxygen atoms in total. The summed E-state index contributed by atoms with van der Waals surface area (Å²) < 4.78 is 12.9. The number of hydrogen-bond acceptors (Lipinski definition) is 2. The van der Waals surface area contributed by atoms with Gasteiger partial charge in [-0.2, -0.15) is 0 Å². The molecule has 72 valence electrons. The highest BCUT2D eigenvalue weighted by Gasteiger charge is 2.08. The van der Waals surface area contributed by atoms with Gasteiger partial charge in [-0.25, -0.2) is 0 Å². The summed E-state index contributed by atoms with van der Waals surface area (Å²) in [6, 6.07) is 3.56. The third-order valence-corrected chi connectivity index (χ3v) is 3.29. The van der Waals surface area contributed by atoms with Crippen molar-refractivity contribution in [3.8, 4) is 0 Å². The van der Waals surface area contributed by atoms with E-state index < -0.39 is 10.8 Å². The van der Waals surface area contributed by atoms with Gasteiger partial charge in [0.05, 0.1) is 5.69 Å². The van der Waals surface area contributed by atoms with Crippen molar-refractivity contribution >= 4 is 17.1 Å². The SMILES string of the molecule is CC(Cn1cccc1C=O)S(C)=O. The van der Waals surface area contributed by atoms with Crippen LogP contribution in [-0.4, -0.2) is 26.6 Å². The Kier molecular flexibility index (Phi) is 3.42. The first-order valence-electron chi connectivity index (χ1n) is 4.07. The highest BCUT2D eigenvalue weighted by Crippen LogP contribution is 2.03. The van der Waals surface area contributed by atoms with Crippen LogP contribution in [-0.2, 0) is 17.3 Å². The molecule has 0 aliphatic heterocycles. The van der Waals surface area contributed by atoms with Gasteiger partial charge in [0.2, 0.25) is 0 Å². The van der Waals surface area contributed by atoms with Crippen molar-refractivity contribution in [1.29, 1.82) is 0 Å². The molecule has 0 saturated heterocycles. The molecule has 0 aliphatic carbocycles. The molecule has 0 fully saturated rings. The van der Waals surface area contributed by atoms with Crippen LogP contribution in [0.1, 0.15) is 17.4 Å². The van der Waals surface area contributed by atoms with E-state index in [0.717, 1.165) is 6.29 Å². The number of rotatable bonds is 4. The first-order chi connectivity index (χ1) is 6.15. The van der Waals surface area contributed by atoms with Crippen LogP contribution in [0.5, 0.6) is 0 Å². The maximum absolute atomic E-state index is 11.1. The van der Waals surface area contributed by atoms with Gasteiger partial charge in [0.25, 0.3) is 0 Å². The summed E-state index contributed by atoms with van der Waals surface area (Å²) in [5, 5.41) is 0.0751. The fraction of sp³-hybridized carbons (Fsp3) is 0.444. The van der Waals surface area contributed by atoms with E-state index in [1.807, 2.05) is 23.8 Å². The van der Waals surface area contributed by atoms with Crippen molar-refractivity contribution in [2.75, 3.05) is 6.26 Å². The molecule has 0 saturated carbocycles. The summed E-state index contributed by atoms with van der Waals surface area (Å²) >= 11 is 0. The van der Waals surface area contributed by atoms with Crippen LogP contribution in [0.25, 0.3) is 0 Å². The summed E-state index contributed by atoms with van der Waals surface area (Å²) in [5.74, 6) is 0. The lowest BCUT2D eigenvalue weighted by Crippen LogP contribution is -2.18. The normalized spacial score (nSPS) is 15.2. The molecule has 0 radical (unpaired) electrons. The Hall–Kier alpha value is -0.900. The number of carbonyl (C=O) groups excluding carboxylic acids is 1. The minimum absolute atomic E-state index is 0.0751. The van der Waals surface area contributed by atoms with Crippen molar-refractivity contribution in [2.24, 2.45) is 0 Å². The van der Waals surface area contributed by atoms with Gasteiger partial charge < -0.3 is 4.57 Å². The predicted molar refractivity (Wildman–Crippen MR) is 53.3 cm³/mol. The Morgan fingerprint density at radius 1 is 1.69 bits per heavy atom. The molecule has 2 atom stereocenters. The van der Waals surface area contributed by atoms with Gasteiger partial charge in [-0.05, 0) is 19.1 Å². The highest BCUT2D eigenvalue weighted by atomic mass is 32.2. The largest absolute Gasteiger partial charge is 0.344 e. The Morgan fingerprint density at radius 2 is 2.38 bits per heavy atom. The van der Waals surface area contributed by atoms with Crippen molar-refractivity contribution in [3.05, 3.63) is 24.0 Å². The standard InChI is InChI=1S/C9H13NO2S/c1-8(13(2)12)6-10-5-3-4-9(10)7-11/h3-5,7-8H,6H2,1-2H3. The first kappa shape index (κ1) is 10.2. The van der Waals surface area contributed by atoms with Gasteiger partial charge in [0.1, 0.15) is 0 Å². The average Bonchev–Trinajstić information content (AvgIpc) is 2.51. The van der Waals surface area contributed by atoms with E-state index in [4.69, 9.17) is 0 Å². The molecule has 0 amide bonds. The van der Waals surface area contributed by atoms with Crippen LogP contribution in [0, 0.1) is 0 Å². The second kappa shape index (κ2) is 4.37. The molecule has 1 aromatic rings. The van der Waals surface area contributed by atoms with Crippen LogP contribution in [0.3, 0.4) is 0 Å². The molecule has 0 N–H and O–H groups in total. The fourth-order valence-electron chi connectivity index (χ4n) is 1.08. The Morgan fingerprint density at radius 3 is 2.92 bits per heavy atom. The zero-order chi connectivity index (χ0) is 9.84. The second-order valence-corrected chi connectivity index (χ2v) is 4.81. The number of carbonyl (C=O) groups is 1. The smallest absolute Gasteiger partial charge is 0.166 e. The summed E-state index contributed by atoms with van der Waals surface area (Å²) in [4.78, 5) is 10.5. The molecule has 1 rings (SSSR count). The minimum atomic E-state index is -0.842. The zero-order valence-corrected chi connectivity index (χ0v) is 8.58. The number of aldehydes is 1. The molecule has 0 spiro atoms. The van der Waals surface area contributed by atoms with Crippen molar-refractivity contribution < 1.29 is 9.00 Å². The van der Waals surface area contributed by atoms with Gasteiger partial charge in [0, 0.05) is 35.0 Å². The van der Waals surface area contributed by atoms with E-state index in [9.17, 15) is 9.00 Å². The fourth-order valence-corrected chi connectivity index (χ4v) is 1.45. The van der Waals surface area contributed by atoms with E-state index in [2.05, 4.69) is 0 Å². The van der Waals surface area contributed by atoms with Crippen molar-refractivity contribution in [2.45, 2.75) is 18.7 Å². The van der Waals surface area contributed by atoms with Crippen LogP contribution in [0.2, 0.25) is 0 Å². The van der Waals surface area contributed by atoms with E-state index >= 15 is 0 Å². The number of aromatic nitrogens is 1. The monoisotopic (exact) mass is 199 g/mol. The molecule has 4 heteroatoms. The third-order valence-electron chi connectivity index (χ3n) is 2.01. The summed E-state index contributed by atoms with van der Waals surface area (Å²) in [5.41, 5.74) is 0.636. The maximum Gasteiger partial charge on any atom is 0.166 e. The molecule has 13 heavy (non-hydrogen) atoms. The van der Waals surface area contributed by atoms with Gasteiger partial charge >= 0.3 is 0 Å². The molecule has 0 aliphatic rings. The van der Waals surface area contributed by atoms with E-state index in [0.29, 0.717) is 12.2 Å². The highest BCUT2D eigenvalue weighted by molar-refractivity contribution is 7.84. The number of hydrogen-bond donors (Lipinski definition) is 0. The van der Waals surface area contributed by atoms with Crippen molar-refractivity contribution in [3.63, 3.8) is 0 Å². The molecule has 0 aromatic carbocycles. The second-order valence-electron chi connectivity index (χ2n) is 3.01. The average molecular weight is 199 g/mol. The lowest BCUT2D eigenvalue weighted by atomic mass is 10.4. The molecule has 1 aromatic heterocycles. The van der Waals surface area contributed by atoms with E-state index in [-0.39, 0.29) is 5.25 Å². The molecular weight excluding hydrogens is 186 g/mol. The quantitative estimate of drug-likeness (QED) is 0.680. The molecular formula is C9H13NO2S. The van der Waals surface area contributed by atoms with Crippen molar-refractivity contribution in [1.82, 2.24) is 4.57 Å². The first-order valence-corrected chi connectivity index (χ1v) is 5.70. The van der Waals surface area contributed by atoms with E-state index in [1.165, 1.54) is 0 Å². The lowest BCUT2D eigenvalue weighted by Gasteiger charge is -2.10. The Labute approximate surface area is 80.2 Å². The Bertz CT molecular complexity index is 319. The summed E-state index contributed by atoms with van der Waals surface area (Å²) in [7, 11) is -0.842. The third kappa shape index (κ3) is 2.52. The summed E-state index contributed by atoms with van der Waals surface area (Å²) in [6.07, 6.45) is 4.31. The maximum atomic E-state index is 11.1. The number of nitrogens with zero attached hydrogens (tertiary/aromatic N) is 1. The Balaban J connectivity index is 2.73. The summed E-state index contributed by atoms with van der Waals surface area (Å²) in [6.45, 7) is 2.54. The molecule has 0 bridgehead atoms. The zero-order valence-electron chi connectivity index (χ0n) is 7.77. The van der Waals surface area contributed by atoms with Gasteiger partial charge in [0.15, 0.2) is 6.29 Å². The lowest BCUT2D eigenvalue weighted by molar-refractivity contribution is 0.111. The van der Waals surface area contributed by atoms with Crippen LogP contribution < -0.4 is 0 Å². The van der Waals surface area contributed by atoms with Crippen LogP contribution >= 0.6 is 0 Å². The van der Waals surface area contributed by atoms with Crippen LogP contribution in [0.4, 0.5) is 0 Å². The minimum Gasteiger partial charge on any atom is -0.344 e. The van der Waals surface area contributed by atoms with Gasteiger partial charge in [-0.1, -0.05) is 0 Å². The predicted octanol–water partition coefficient (Wildman–Crippen LogP) is 1.07. The van der Waals surface area contributed by atoms with Crippen LogP contribution in [0.15, 0.2) is 18.3 Å². The molecule has 1 heterocycles. The van der Waals surface area contributed by atoms with E-state index in [1.54, 1.807) is 12.3 Å². The van der Waals surface area contributed by atoms with Gasteiger partial charge in [-0.3, -0.25) is 9.00 Å².